The fourth-order valence-electron chi connectivity index (χ4n) is 2.08. The van der Waals surface area contributed by atoms with Gasteiger partial charge in [-0.25, -0.2) is 9.97 Å². The van der Waals surface area contributed by atoms with Crippen LogP contribution in [0.4, 0.5) is 11.6 Å². The monoisotopic (exact) mass is 250 g/mol. The Morgan fingerprint density at radius 3 is 2.11 bits per heavy atom. The summed E-state index contributed by atoms with van der Waals surface area (Å²) in [5.41, 5.74) is 7.01. The second kappa shape index (κ2) is 7.19. The van der Waals surface area contributed by atoms with Crippen molar-refractivity contribution in [2.45, 2.75) is 53.4 Å². The quantitative estimate of drug-likeness (QED) is 0.808. The molecule has 0 bridgehead atoms. The van der Waals surface area contributed by atoms with Crippen LogP contribution in [0.3, 0.4) is 0 Å². The highest BCUT2D eigenvalue weighted by Crippen LogP contribution is 2.22. The predicted molar refractivity (Wildman–Crippen MR) is 78.0 cm³/mol. The molecule has 0 spiro atoms. The fourth-order valence-corrected chi connectivity index (χ4v) is 2.08. The largest absolute Gasteiger partial charge is 0.383 e. The first-order valence-corrected chi connectivity index (χ1v) is 7.01. The van der Waals surface area contributed by atoms with Gasteiger partial charge in [-0.3, -0.25) is 0 Å². The molecule has 2 N–H and O–H groups in total. The Balaban J connectivity index is 3.09. The molecule has 0 saturated heterocycles. The highest BCUT2D eigenvalue weighted by Gasteiger charge is 2.14. The zero-order valence-electron chi connectivity index (χ0n) is 12.2. The maximum atomic E-state index is 6.00. The minimum absolute atomic E-state index is 0.626. The van der Waals surface area contributed by atoms with Crippen LogP contribution in [0.25, 0.3) is 0 Å². The van der Waals surface area contributed by atoms with E-state index in [2.05, 4.69) is 30.7 Å². The molecule has 0 unspecified atom stereocenters. The second-order valence-corrected chi connectivity index (χ2v) is 4.71. The standard InChI is InChI=1S/C14H26N4/c1-5-8-12-16-13(15)11(4)14(17-12)18(9-6-2)10-7-3/h5-10H2,1-4H3,(H2,15,16,17). The molecule has 1 heterocycles. The molecule has 0 aliphatic heterocycles. The third-order valence-electron chi connectivity index (χ3n) is 2.96. The molecule has 1 rings (SSSR count). The Hall–Kier alpha value is -1.32. The van der Waals surface area contributed by atoms with E-state index in [9.17, 15) is 0 Å². The lowest BCUT2D eigenvalue weighted by atomic mass is 10.2. The van der Waals surface area contributed by atoms with E-state index in [-0.39, 0.29) is 0 Å². The van der Waals surface area contributed by atoms with Crippen LogP contribution in [0.5, 0.6) is 0 Å². The molecule has 0 aliphatic rings. The van der Waals surface area contributed by atoms with E-state index >= 15 is 0 Å². The van der Waals surface area contributed by atoms with Crippen LogP contribution in [0.1, 0.15) is 51.4 Å². The summed E-state index contributed by atoms with van der Waals surface area (Å²) in [6.45, 7) is 10.6. The summed E-state index contributed by atoms with van der Waals surface area (Å²) >= 11 is 0. The molecule has 4 heteroatoms. The highest BCUT2D eigenvalue weighted by molar-refractivity contribution is 5.56. The van der Waals surface area contributed by atoms with Crippen molar-refractivity contribution >= 4 is 11.6 Å². The van der Waals surface area contributed by atoms with E-state index in [0.29, 0.717) is 5.82 Å². The lowest BCUT2D eigenvalue weighted by Gasteiger charge is -2.25. The van der Waals surface area contributed by atoms with E-state index in [1.165, 1.54) is 0 Å². The van der Waals surface area contributed by atoms with Crippen LogP contribution in [0, 0.1) is 6.92 Å². The predicted octanol–water partition coefficient (Wildman–Crippen LogP) is 2.95. The molecule has 4 nitrogen and oxygen atoms in total. The minimum Gasteiger partial charge on any atom is -0.383 e. The zero-order chi connectivity index (χ0) is 13.5. The number of nitrogen functional groups attached to an aromatic ring is 1. The summed E-state index contributed by atoms with van der Waals surface area (Å²) in [5, 5.41) is 0. The van der Waals surface area contributed by atoms with Crippen LogP contribution in [0.15, 0.2) is 0 Å². The number of aromatic nitrogens is 2. The minimum atomic E-state index is 0.626. The molecular formula is C14H26N4. The fraction of sp³-hybridized carbons (Fsp3) is 0.714. The van der Waals surface area contributed by atoms with Gasteiger partial charge in [-0.15, -0.1) is 0 Å². The number of hydrogen-bond donors (Lipinski definition) is 1. The van der Waals surface area contributed by atoms with Gasteiger partial charge in [0.25, 0.3) is 0 Å². The van der Waals surface area contributed by atoms with Gasteiger partial charge in [-0.2, -0.15) is 0 Å². The summed E-state index contributed by atoms with van der Waals surface area (Å²) in [4.78, 5) is 11.4. The van der Waals surface area contributed by atoms with E-state index in [1.807, 2.05) is 6.92 Å². The van der Waals surface area contributed by atoms with E-state index in [4.69, 9.17) is 10.7 Å². The molecule has 0 aliphatic carbocycles. The van der Waals surface area contributed by atoms with E-state index in [0.717, 1.165) is 56.0 Å². The Morgan fingerprint density at radius 1 is 1.00 bits per heavy atom. The van der Waals surface area contributed by atoms with Gasteiger partial charge in [0, 0.05) is 25.1 Å². The summed E-state index contributed by atoms with van der Waals surface area (Å²) in [7, 11) is 0. The van der Waals surface area contributed by atoms with Crippen LogP contribution in [-0.4, -0.2) is 23.1 Å². The van der Waals surface area contributed by atoms with Gasteiger partial charge in [0.15, 0.2) is 0 Å². The van der Waals surface area contributed by atoms with Crippen molar-refractivity contribution in [3.8, 4) is 0 Å². The summed E-state index contributed by atoms with van der Waals surface area (Å²) in [6, 6.07) is 0. The number of rotatable bonds is 7. The Bertz CT molecular complexity index is 370. The molecule has 18 heavy (non-hydrogen) atoms. The van der Waals surface area contributed by atoms with E-state index < -0.39 is 0 Å². The van der Waals surface area contributed by atoms with Crippen molar-refractivity contribution in [1.29, 1.82) is 0 Å². The topological polar surface area (TPSA) is 55.0 Å². The second-order valence-electron chi connectivity index (χ2n) is 4.71. The number of nitrogens with two attached hydrogens (primary N) is 1. The zero-order valence-corrected chi connectivity index (χ0v) is 12.2. The lowest BCUT2D eigenvalue weighted by Crippen LogP contribution is -2.27. The van der Waals surface area contributed by atoms with Gasteiger partial charge in [0.05, 0.1) is 0 Å². The lowest BCUT2D eigenvalue weighted by molar-refractivity contribution is 0.721. The van der Waals surface area contributed by atoms with Crippen LogP contribution < -0.4 is 10.6 Å². The van der Waals surface area contributed by atoms with Crippen molar-refractivity contribution in [3.63, 3.8) is 0 Å². The van der Waals surface area contributed by atoms with Crippen LogP contribution >= 0.6 is 0 Å². The summed E-state index contributed by atoms with van der Waals surface area (Å²) < 4.78 is 0. The summed E-state index contributed by atoms with van der Waals surface area (Å²) in [6.07, 6.45) is 4.17. The van der Waals surface area contributed by atoms with Gasteiger partial charge < -0.3 is 10.6 Å². The Kier molecular flexibility index (Phi) is 5.89. The van der Waals surface area contributed by atoms with Gasteiger partial charge in [0.2, 0.25) is 0 Å². The molecule has 0 radical (unpaired) electrons. The van der Waals surface area contributed by atoms with Gasteiger partial charge >= 0.3 is 0 Å². The molecule has 0 amide bonds. The number of nitrogens with zero attached hydrogens (tertiary/aromatic N) is 3. The molecule has 1 aromatic heterocycles. The maximum absolute atomic E-state index is 6.00. The van der Waals surface area contributed by atoms with Gasteiger partial charge in [-0.05, 0) is 26.2 Å². The third kappa shape index (κ3) is 3.59. The first-order chi connectivity index (χ1) is 8.63. The smallest absolute Gasteiger partial charge is 0.137 e. The third-order valence-corrected chi connectivity index (χ3v) is 2.96. The van der Waals surface area contributed by atoms with Crippen molar-refractivity contribution in [2.24, 2.45) is 0 Å². The first-order valence-electron chi connectivity index (χ1n) is 7.01. The maximum Gasteiger partial charge on any atom is 0.137 e. The van der Waals surface area contributed by atoms with Crippen molar-refractivity contribution in [3.05, 3.63) is 11.4 Å². The average Bonchev–Trinajstić information content (AvgIpc) is 2.34. The van der Waals surface area contributed by atoms with Crippen molar-refractivity contribution in [1.82, 2.24) is 9.97 Å². The van der Waals surface area contributed by atoms with Gasteiger partial charge in [-0.1, -0.05) is 20.8 Å². The molecule has 102 valence electrons. The van der Waals surface area contributed by atoms with E-state index in [1.54, 1.807) is 0 Å². The number of hydrogen-bond acceptors (Lipinski definition) is 4. The molecule has 1 aromatic rings. The number of anilines is 2. The molecule has 0 atom stereocenters. The number of aryl methyl sites for hydroxylation is 1. The Morgan fingerprint density at radius 2 is 1.61 bits per heavy atom. The van der Waals surface area contributed by atoms with Crippen LogP contribution in [-0.2, 0) is 6.42 Å². The SMILES string of the molecule is CCCc1nc(N)c(C)c(N(CCC)CCC)n1. The van der Waals surface area contributed by atoms with Crippen LogP contribution in [0.2, 0.25) is 0 Å². The highest BCUT2D eigenvalue weighted by atomic mass is 15.2. The molecular weight excluding hydrogens is 224 g/mol. The molecule has 0 saturated carbocycles. The first kappa shape index (κ1) is 14.7. The normalized spacial score (nSPS) is 10.7. The molecule has 0 aromatic carbocycles. The summed E-state index contributed by atoms with van der Waals surface area (Å²) in [5.74, 6) is 2.52. The van der Waals surface area contributed by atoms with Gasteiger partial charge in [0.1, 0.15) is 17.5 Å². The average molecular weight is 250 g/mol. The Labute approximate surface area is 111 Å². The van der Waals surface area contributed by atoms with Crippen molar-refractivity contribution in [2.75, 3.05) is 23.7 Å². The molecule has 0 fully saturated rings. The van der Waals surface area contributed by atoms with Crippen molar-refractivity contribution < 1.29 is 0 Å².